The highest BCUT2D eigenvalue weighted by molar-refractivity contribution is 5.51. The van der Waals surface area contributed by atoms with Gasteiger partial charge in [0.15, 0.2) is 6.19 Å². The van der Waals surface area contributed by atoms with E-state index in [1.807, 2.05) is 19.3 Å². The average Bonchev–Trinajstić information content (AvgIpc) is 2.32. The van der Waals surface area contributed by atoms with Crippen molar-refractivity contribution in [3.05, 3.63) is 12.4 Å². The highest BCUT2D eigenvalue weighted by atomic mass is 15.2. The van der Waals surface area contributed by atoms with Crippen molar-refractivity contribution in [3.63, 3.8) is 0 Å². The van der Waals surface area contributed by atoms with Crippen molar-refractivity contribution < 1.29 is 0 Å². The van der Waals surface area contributed by atoms with Crippen LogP contribution in [-0.2, 0) is 0 Å². The Kier molecular flexibility index (Phi) is 3.43. The molecule has 1 heterocycles. The molecule has 1 aliphatic rings. The molecule has 1 aromatic heterocycles. The fourth-order valence-corrected chi connectivity index (χ4v) is 1.94. The predicted molar refractivity (Wildman–Crippen MR) is 66.7 cm³/mol. The van der Waals surface area contributed by atoms with E-state index in [0.29, 0.717) is 5.82 Å². The number of hydrogen-bond acceptors (Lipinski definition) is 5. The minimum absolute atomic E-state index is 0.637. The van der Waals surface area contributed by atoms with Crippen LogP contribution in [0.25, 0.3) is 0 Å². The molecule has 0 aliphatic heterocycles. The molecule has 5 nitrogen and oxygen atoms in total. The summed E-state index contributed by atoms with van der Waals surface area (Å²) in [6.45, 7) is 1.03. The summed E-state index contributed by atoms with van der Waals surface area (Å²) in [5, 5.41) is 8.81. The number of rotatable bonds is 4. The first-order chi connectivity index (χ1) is 8.20. The van der Waals surface area contributed by atoms with E-state index in [9.17, 15) is 0 Å². The average molecular weight is 231 g/mol. The van der Waals surface area contributed by atoms with Crippen LogP contribution in [0.3, 0.4) is 0 Å². The van der Waals surface area contributed by atoms with E-state index < -0.39 is 0 Å². The minimum atomic E-state index is 0.637. The molecule has 0 aromatic carbocycles. The van der Waals surface area contributed by atoms with Gasteiger partial charge in [-0.15, -0.1) is 0 Å². The highest BCUT2D eigenvalue weighted by Crippen LogP contribution is 2.28. The summed E-state index contributed by atoms with van der Waals surface area (Å²) in [4.78, 5) is 11.9. The maximum absolute atomic E-state index is 8.81. The molecule has 1 saturated carbocycles. The summed E-state index contributed by atoms with van der Waals surface area (Å²) in [6.07, 6.45) is 7.54. The third-order valence-corrected chi connectivity index (χ3v) is 3.28. The first-order valence-corrected chi connectivity index (χ1v) is 5.87. The second kappa shape index (κ2) is 5.00. The summed E-state index contributed by atoms with van der Waals surface area (Å²) >= 11 is 0. The zero-order valence-electron chi connectivity index (χ0n) is 10.3. The van der Waals surface area contributed by atoms with Crippen molar-refractivity contribution in [3.8, 4) is 6.19 Å². The Labute approximate surface area is 102 Å². The first kappa shape index (κ1) is 11.6. The Balaban J connectivity index is 2.06. The SMILES string of the molecule is CN(C#N)c1cc(N(C)CC2CCC2)ncn1. The lowest BCUT2D eigenvalue weighted by Crippen LogP contribution is -2.30. The van der Waals surface area contributed by atoms with Gasteiger partial charge < -0.3 is 4.90 Å². The smallest absolute Gasteiger partial charge is 0.185 e. The van der Waals surface area contributed by atoms with Crippen LogP contribution < -0.4 is 9.80 Å². The van der Waals surface area contributed by atoms with Crippen LogP contribution in [0, 0.1) is 17.4 Å². The number of hydrogen-bond donors (Lipinski definition) is 0. The van der Waals surface area contributed by atoms with Gasteiger partial charge in [-0.3, -0.25) is 4.90 Å². The summed E-state index contributed by atoms with van der Waals surface area (Å²) in [5.41, 5.74) is 0. The Bertz CT molecular complexity index is 421. The van der Waals surface area contributed by atoms with Gasteiger partial charge >= 0.3 is 0 Å². The van der Waals surface area contributed by atoms with Crippen molar-refractivity contribution >= 4 is 11.6 Å². The van der Waals surface area contributed by atoms with Crippen LogP contribution in [0.1, 0.15) is 19.3 Å². The standard InChI is InChI=1S/C12H17N5/c1-16(7-10-4-3-5-10)11-6-12(15-9-14-11)17(2)8-13/h6,9-10H,3-5,7H2,1-2H3. The molecule has 0 atom stereocenters. The van der Waals surface area contributed by atoms with E-state index in [1.54, 1.807) is 7.05 Å². The van der Waals surface area contributed by atoms with E-state index in [4.69, 9.17) is 5.26 Å². The molecule has 0 unspecified atom stereocenters. The summed E-state index contributed by atoms with van der Waals surface area (Å²) in [7, 11) is 3.73. The predicted octanol–water partition coefficient (Wildman–Crippen LogP) is 1.63. The molecule has 1 aromatic rings. The Morgan fingerprint density at radius 2 is 2.06 bits per heavy atom. The first-order valence-electron chi connectivity index (χ1n) is 5.87. The van der Waals surface area contributed by atoms with Gasteiger partial charge in [-0.25, -0.2) is 9.97 Å². The molecule has 17 heavy (non-hydrogen) atoms. The third kappa shape index (κ3) is 2.64. The highest BCUT2D eigenvalue weighted by Gasteiger charge is 2.19. The zero-order chi connectivity index (χ0) is 12.3. The van der Waals surface area contributed by atoms with Crippen molar-refractivity contribution in [1.82, 2.24) is 9.97 Å². The minimum Gasteiger partial charge on any atom is -0.359 e. The van der Waals surface area contributed by atoms with Crippen LogP contribution in [0.4, 0.5) is 11.6 Å². The van der Waals surface area contributed by atoms with Crippen molar-refractivity contribution in [2.24, 2.45) is 5.92 Å². The topological polar surface area (TPSA) is 56.1 Å². The molecular weight excluding hydrogens is 214 g/mol. The van der Waals surface area contributed by atoms with Crippen LogP contribution >= 0.6 is 0 Å². The van der Waals surface area contributed by atoms with Gasteiger partial charge in [0.05, 0.1) is 0 Å². The number of aromatic nitrogens is 2. The summed E-state index contributed by atoms with van der Waals surface area (Å²) in [5.74, 6) is 2.31. The molecule has 0 spiro atoms. The fraction of sp³-hybridized carbons (Fsp3) is 0.583. The van der Waals surface area contributed by atoms with E-state index in [0.717, 1.165) is 18.3 Å². The number of nitrogens with zero attached hydrogens (tertiary/aromatic N) is 5. The second-order valence-corrected chi connectivity index (χ2v) is 4.57. The van der Waals surface area contributed by atoms with Gasteiger partial charge in [0, 0.05) is 26.7 Å². The molecule has 0 amide bonds. The van der Waals surface area contributed by atoms with Gasteiger partial charge in [0.25, 0.3) is 0 Å². The Hall–Kier alpha value is -1.83. The van der Waals surface area contributed by atoms with Gasteiger partial charge in [-0.2, -0.15) is 5.26 Å². The van der Waals surface area contributed by atoms with E-state index >= 15 is 0 Å². The maximum Gasteiger partial charge on any atom is 0.185 e. The molecule has 0 N–H and O–H groups in total. The van der Waals surface area contributed by atoms with Crippen molar-refractivity contribution in [2.45, 2.75) is 19.3 Å². The zero-order valence-corrected chi connectivity index (χ0v) is 10.3. The maximum atomic E-state index is 8.81. The van der Waals surface area contributed by atoms with Crippen LogP contribution in [0.5, 0.6) is 0 Å². The number of nitriles is 1. The van der Waals surface area contributed by atoms with Gasteiger partial charge in [-0.1, -0.05) is 6.42 Å². The molecule has 0 bridgehead atoms. The van der Waals surface area contributed by atoms with Gasteiger partial charge in [0.1, 0.15) is 18.0 Å². The van der Waals surface area contributed by atoms with Crippen LogP contribution in [0.2, 0.25) is 0 Å². The van der Waals surface area contributed by atoms with Gasteiger partial charge in [0.2, 0.25) is 0 Å². The molecule has 1 aliphatic carbocycles. The molecule has 90 valence electrons. The molecule has 1 fully saturated rings. The second-order valence-electron chi connectivity index (χ2n) is 4.57. The monoisotopic (exact) mass is 231 g/mol. The molecule has 2 rings (SSSR count). The summed E-state index contributed by atoms with van der Waals surface area (Å²) in [6, 6.07) is 1.85. The third-order valence-electron chi connectivity index (χ3n) is 3.28. The van der Waals surface area contributed by atoms with Gasteiger partial charge in [-0.05, 0) is 18.8 Å². The van der Waals surface area contributed by atoms with E-state index in [2.05, 4.69) is 14.9 Å². The Morgan fingerprint density at radius 1 is 1.35 bits per heavy atom. The van der Waals surface area contributed by atoms with E-state index in [-0.39, 0.29) is 0 Å². The molecule has 5 heteroatoms. The molecule has 0 radical (unpaired) electrons. The quantitative estimate of drug-likeness (QED) is 0.582. The van der Waals surface area contributed by atoms with E-state index in [1.165, 1.54) is 30.5 Å². The largest absolute Gasteiger partial charge is 0.359 e. The van der Waals surface area contributed by atoms with Crippen LogP contribution in [0.15, 0.2) is 12.4 Å². The van der Waals surface area contributed by atoms with Crippen molar-refractivity contribution in [1.29, 1.82) is 5.26 Å². The Morgan fingerprint density at radius 3 is 2.65 bits per heavy atom. The lowest BCUT2D eigenvalue weighted by atomic mass is 9.85. The summed E-state index contributed by atoms with van der Waals surface area (Å²) < 4.78 is 0. The molecule has 0 saturated heterocycles. The van der Waals surface area contributed by atoms with Crippen LogP contribution in [-0.4, -0.2) is 30.6 Å². The van der Waals surface area contributed by atoms with Crippen molar-refractivity contribution in [2.75, 3.05) is 30.4 Å². The lowest BCUT2D eigenvalue weighted by Gasteiger charge is -2.30. The lowest BCUT2D eigenvalue weighted by molar-refractivity contribution is 0.321. The number of anilines is 2. The normalized spacial score (nSPS) is 14.9. The fourth-order valence-electron chi connectivity index (χ4n) is 1.94. The molecular formula is C12H17N5.